The molecule has 0 aliphatic heterocycles. The number of hydrogen-bond donors (Lipinski definition) is 0. The van der Waals surface area contributed by atoms with Crippen LogP contribution in [0.15, 0.2) is 0 Å². The van der Waals surface area contributed by atoms with E-state index in [9.17, 15) is 14.4 Å². The van der Waals surface area contributed by atoms with Gasteiger partial charge in [-0.25, -0.2) is 0 Å². The lowest BCUT2D eigenvalue weighted by Gasteiger charge is -2.18. The van der Waals surface area contributed by atoms with E-state index in [0.29, 0.717) is 19.3 Å². The number of ether oxygens (including phenoxy) is 3. The Hall–Kier alpha value is -1.59. The van der Waals surface area contributed by atoms with E-state index < -0.39 is 6.10 Å². The molecular weight excluding hydrogens is 949 g/mol. The van der Waals surface area contributed by atoms with Crippen LogP contribution in [-0.4, -0.2) is 37.2 Å². The summed E-state index contributed by atoms with van der Waals surface area (Å²) in [5, 5.41) is 0. The molecule has 0 saturated heterocycles. The van der Waals surface area contributed by atoms with Crippen LogP contribution >= 0.6 is 0 Å². The van der Waals surface area contributed by atoms with Gasteiger partial charge in [0, 0.05) is 19.3 Å². The fraction of sp³-hybridized carbons (Fsp3) is 0.958. The van der Waals surface area contributed by atoms with Crippen molar-refractivity contribution in [1.82, 2.24) is 0 Å². The summed E-state index contributed by atoms with van der Waals surface area (Å²) in [4.78, 5) is 38.4. The minimum Gasteiger partial charge on any atom is -0.462 e. The van der Waals surface area contributed by atoms with Crippen molar-refractivity contribution in [2.75, 3.05) is 13.2 Å². The first-order chi connectivity index (χ1) is 38.0. The van der Waals surface area contributed by atoms with Crippen molar-refractivity contribution < 1.29 is 28.6 Å². The molecule has 0 rings (SSSR count). The van der Waals surface area contributed by atoms with Crippen molar-refractivity contribution in [2.24, 2.45) is 0 Å². The van der Waals surface area contributed by atoms with E-state index in [0.717, 1.165) is 57.8 Å². The Labute approximate surface area is 482 Å². The van der Waals surface area contributed by atoms with Crippen LogP contribution in [0, 0.1) is 0 Å². The number of rotatable bonds is 67. The van der Waals surface area contributed by atoms with Crippen molar-refractivity contribution >= 4 is 17.9 Å². The maximum absolute atomic E-state index is 12.9. The van der Waals surface area contributed by atoms with Crippen molar-refractivity contribution in [3.05, 3.63) is 0 Å². The van der Waals surface area contributed by atoms with Gasteiger partial charge >= 0.3 is 17.9 Å². The molecule has 6 heteroatoms. The van der Waals surface area contributed by atoms with Gasteiger partial charge in [0.25, 0.3) is 0 Å². The molecule has 0 saturated carbocycles. The van der Waals surface area contributed by atoms with E-state index >= 15 is 0 Å². The normalized spacial score (nSPS) is 11.9. The molecule has 6 nitrogen and oxygen atoms in total. The molecule has 0 aliphatic carbocycles. The molecule has 0 fully saturated rings. The molecule has 0 spiro atoms. The van der Waals surface area contributed by atoms with Crippen LogP contribution in [0.1, 0.15) is 419 Å². The van der Waals surface area contributed by atoms with Crippen molar-refractivity contribution in [3.63, 3.8) is 0 Å². The summed E-state index contributed by atoms with van der Waals surface area (Å²) in [5.41, 5.74) is 0. The minimum absolute atomic E-state index is 0.0601. The fourth-order valence-corrected chi connectivity index (χ4v) is 11.3. The Bertz CT molecular complexity index is 1160. The molecule has 0 aliphatic rings. The zero-order chi connectivity index (χ0) is 55.7. The molecular formula is C71H138O6. The maximum Gasteiger partial charge on any atom is 0.306 e. The fourth-order valence-electron chi connectivity index (χ4n) is 11.3. The molecule has 1 atom stereocenters. The SMILES string of the molecule is CCCCCCCCCCCCCCCCCCCCCCCCCCCC(=O)OCC(COC(=O)CCCCCCCCCCCCCCCCC)OC(=O)CCCCCCCCCCCCCCCCCCCCC. The van der Waals surface area contributed by atoms with Gasteiger partial charge in [-0.15, -0.1) is 0 Å². The Kier molecular flexibility index (Phi) is 65.5. The van der Waals surface area contributed by atoms with Gasteiger partial charge in [0.1, 0.15) is 13.2 Å². The highest BCUT2D eigenvalue weighted by molar-refractivity contribution is 5.71. The van der Waals surface area contributed by atoms with E-state index in [1.807, 2.05) is 0 Å². The van der Waals surface area contributed by atoms with E-state index in [2.05, 4.69) is 20.8 Å². The van der Waals surface area contributed by atoms with Gasteiger partial charge in [-0.05, 0) is 19.3 Å². The second-order valence-electron chi connectivity index (χ2n) is 24.5. The molecule has 0 radical (unpaired) electrons. The molecule has 1 unspecified atom stereocenters. The summed E-state index contributed by atoms with van der Waals surface area (Å²) in [6.07, 6.45) is 78.5. The van der Waals surface area contributed by atoms with Crippen LogP contribution in [0.4, 0.5) is 0 Å². The summed E-state index contributed by atoms with van der Waals surface area (Å²) >= 11 is 0. The van der Waals surface area contributed by atoms with Crippen LogP contribution in [-0.2, 0) is 28.6 Å². The standard InChI is InChI=1S/C71H138O6/c1-4-7-10-13-16-19-22-25-28-30-32-33-34-35-36-37-39-40-43-46-49-52-55-58-61-64-70(73)76-67-68(66-75-69(72)63-60-57-54-51-48-45-42-27-24-21-18-15-12-9-6-3)77-71(74)65-62-59-56-53-50-47-44-41-38-31-29-26-23-20-17-14-11-8-5-2/h68H,4-67H2,1-3H3. The van der Waals surface area contributed by atoms with Gasteiger partial charge in [0.05, 0.1) is 0 Å². The van der Waals surface area contributed by atoms with Gasteiger partial charge in [-0.1, -0.05) is 380 Å². The van der Waals surface area contributed by atoms with E-state index in [4.69, 9.17) is 14.2 Å². The maximum atomic E-state index is 12.9. The Morgan fingerprint density at radius 1 is 0.208 bits per heavy atom. The summed E-state index contributed by atoms with van der Waals surface area (Å²) < 4.78 is 17.0. The van der Waals surface area contributed by atoms with Crippen LogP contribution < -0.4 is 0 Å². The minimum atomic E-state index is -0.763. The highest BCUT2D eigenvalue weighted by atomic mass is 16.6. The van der Waals surface area contributed by atoms with Gasteiger partial charge in [0.2, 0.25) is 0 Å². The first kappa shape index (κ1) is 75.4. The molecule has 0 amide bonds. The number of unbranched alkanes of at least 4 members (excludes halogenated alkanes) is 56. The van der Waals surface area contributed by atoms with Gasteiger partial charge in [-0.2, -0.15) is 0 Å². The highest BCUT2D eigenvalue weighted by Crippen LogP contribution is 2.19. The average Bonchev–Trinajstić information content (AvgIpc) is 3.43. The first-order valence-corrected chi connectivity index (χ1v) is 35.5. The number of hydrogen-bond acceptors (Lipinski definition) is 6. The lowest BCUT2D eigenvalue weighted by atomic mass is 10.0. The van der Waals surface area contributed by atoms with Crippen molar-refractivity contribution in [2.45, 2.75) is 425 Å². The topological polar surface area (TPSA) is 78.9 Å². The Morgan fingerprint density at radius 3 is 0.519 bits per heavy atom. The molecule has 77 heavy (non-hydrogen) atoms. The smallest absolute Gasteiger partial charge is 0.306 e. The molecule has 0 bridgehead atoms. The van der Waals surface area contributed by atoms with Gasteiger partial charge in [-0.3, -0.25) is 14.4 Å². The predicted molar refractivity (Wildman–Crippen MR) is 335 cm³/mol. The van der Waals surface area contributed by atoms with Gasteiger partial charge < -0.3 is 14.2 Å². The predicted octanol–water partition coefficient (Wildman–Crippen LogP) is 24.2. The largest absolute Gasteiger partial charge is 0.462 e. The summed E-state index contributed by atoms with van der Waals surface area (Å²) in [7, 11) is 0. The summed E-state index contributed by atoms with van der Waals surface area (Å²) in [6, 6.07) is 0. The van der Waals surface area contributed by atoms with E-state index in [-0.39, 0.29) is 31.1 Å². The van der Waals surface area contributed by atoms with Crippen LogP contribution in [0.2, 0.25) is 0 Å². The van der Waals surface area contributed by atoms with E-state index in [1.54, 1.807) is 0 Å². The lowest BCUT2D eigenvalue weighted by molar-refractivity contribution is -0.167. The van der Waals surface area contributed by atoms with E-state index in [1.165, 1.54) is 321 Å². The molecule has 0 aromatic carbocycles. The van der Waals surface area contributed by atoms with Crippen LogP contribution in [0.3, 0.4) is 0 Å². The Balaban J connectivity index is 4.21. The molecule has 458 valence electrons. The number of esters is 3. The third-order valence-electron chi connectivity index (χ3n) is 16.6. The molecule has 0 heterocycles. The molecule has 0 aromatic heterocycles. The zero-order valence-electron chi connectivity index (χ0n) is 52.8. The lowest BCUT2D eigenvalue weighted by Crippen LogP contribution is -2.30. The second kappa shape index (κ2) is 66.9. The second-order valence-corrected chi connectivity index (χ2v) is 24.5. The van der Waals surface area contributed by atoms with Crippen LogP contribution in [0.25, 0.3) is 0 Å². The van der Waals surface area contributed by atoms with Crippen molar-refractivity contribution in [3.8, 4) is 0 Å². The summed E-state index contributed by atoms with van der Waals surface area (Å²) in [6.45, 7) is 6.75. The number of carbonyl (C=O) groups excluding carboxylic acids is 3. The third-order valence-corrected chi connectivity index (χ3v) is 16.6. The summed E-state index contributed by atoms with van der Waals surface area (Å²) in [5.74, 6) is -0.818. The average molecular weight is 1090 g/mol. The molecule has 0 aromatic rings. The van der Waals surface area contributed by atoms with Gasteiger partial charge in [0.15, 0.2) is 6.10 Å². The molecule has 0 N–H and O–H groups in total. The number of carbonyl (C=O) groups is 3. The highest BCUT2D eigenvalue weighted by Gasteiger charge is 2.19. The monoisotopic (exact) mass is 1090 g/mol. The first-order valence-electron chi connectivity index (χ1n) is 35.5. The zero-order valence-corrected chi connectivity index (χ0v) is 52.8. The van der Waals surface area contributed by atoms with Crippen LogP contribution in [0.5, 0.6) is 0 Å². The Morgan fingerprint density at radius 2 is 0.351 bits per heavy atom. The third kappa shape index (κ3) is 65.1. The quantitative estimate of drug-likeness (QED) is 0.0343. The van der Waals surface area contributed by atoms with Crippen molar-refractivity contribution in [1.29, 1.82) is 0 Å².